The van der Waals surface area contributed by atoms with Gasteiger partial charge >= 0.3 is 6.61 Å². The standard InChI is InChI=1S/C21H21F2NO4/c1-2-24(14-16-7-5-9-18-20(16)27-13-12-26-18)19(25)11-10-15-6-3-4-8-17(15)28-21(22)23/h3-11,21H,2,12-14H2,1H3/b11-10+. The van der Waals surface area contributed by atoms with E-state index in [1.165, 1.54) is 18.2 Å². The predicted octanol–water partition coefficient (Wildman–Crippen LogP) is 4.12. The van der Waals surface area contributed by atoms with Crippen molar-refractivity contribution in [1.82, 2.24) is 4.90 Å². The van der Waals surface area contributed by atoms with Crippen LogP contribution in [-0.4, -0.2) is 37.2 Å². The fourth-order valence-corrected chi connectivity index (χ4v) is 2.90. The van der Waals surface area contributed by atoms with Crippen molar-refractivity contribution in [3.05, 3.63) is 59.7 Å². The number of ether oxygens (including phenoxy) is 3. The third kappa shape index (κ3) is 4.79. The van der Waals surface area contributed by atoms with Gasteiger partial charge in [-0.3, -0.25) is 4.79 Å². The Morgan fingerprint density at radius 3 is 2.75 bits per heavy atom. The molecule has 0 unspecified atom stereocenters. The molecule has 2 aromatic carbocycles. The Bertz CT molecular complexity index is 854. The van der Waals surface area contributed by atoms with Crippen molar-refractivity contribution >= 4 is 12.0 Å². The lowest BCUT2D eigenvalue weighted by molar-refractivity contribution is -0.126. The second kappa shape index (κ2) is 9.21. The summed E-state index contributed by atoms with van der Waals surface area (Å²) in [6, 6.07) is 11.9. The molecule has 1 aliphatic heterocycles. The van der Waals surface area contributed by atoms with Gasteiger partial charge in [0.25, 0.3) is 0 Å². The minimum atomic E-state index is -2.93. The van der Waals surface area contributed by atoms with Gasteiger partial charge in [0.1, 0.15) is 19.0 Å². The molecule has 0 saturated heterocycles. The van der Waals surface area contributed by atoms with Crippen molar-refractivity contribution in [2.45, 2.75) is 20.1 Å². The lowest BCUT2D eigenvalue weighted by Gasteiger charge is -2.24. The highest BCUT2D eigenvalue weighted by Crippen LogP contribution is 2.34. The Balaban J connectivity index is 1.74. The van der Waals surface area contributed by atoms with Crippen LogP contribution in [0.2, 0.25) is 0 Å². The Hall–Kier alpha value is -3.09. The van der Waals surface area contributed by atoms with E-state index in [1.54, 1.807) is 23.1 Å². The monoisotopic (exact) mass is 389 g/mol. The molecule has 1 aliphatic rings. The number of fused-ring (bicyclic) bond motifs is 1. The number of halogens is 2. The van der Waals surface area contributed by atoms with E-state index in [2.05, 4.69) is 4.74 Å². The minimum Gasteiger partial charge on any atom is -0.486 e. The summed E-state index contributed by atoms with van der Waals surface area (Å²) in [6.45, 7) is 0.723. The van der Waals surface area contributed by atoms with Gasteiger partial charge in [0.2, 0.25) is 5.91 Å². The number of nitrogens with zero attached hydrogens (tertiary/aromatic N) is 1. The summed E-state index contributed by atoms with van der Waals surface area (Å²) in [4.78, 5) is 14.3. The molecule has 0 N–H and O–H groups in total. The van der Waals surface area contributed by atoms with Gasteiger partial charge in [-0.1, -0.05) is 30.3 Å². The van der Waals surface area contributed by atoms with Gasteiger partial charge in [-0.2, -0.15) is 8.78 Å². The molecule has 0 atom stereocenters. The summed E-state index contributed by atoms with van der Waals surface area (Å²) < 4.78 is 40.8. The van der Waals surface area contributed by atoms with Gasteiger partial charge in [-0.05, 0) is 25.1 Å². The van der Waals surface area contributed by atoms with Crippen LogP contribution in [0.1, 0.15) is 18.1 Å². The first-order valence-corrected chi connectivity index (χ1v) is 8.96. The maximum absolute atomic E-state index is 12.6. The van der Waals surface area contributed by atoms with E-state index in [4.69, 9.17) is 9.47 Å². The Kier molecular flexibility index (Phi) is 6.47. The second-order valence-corrected chi connectivity index (χ2v) is 6.04. The summed E-state index contributed by atoms with van der Waals surface area (Å²) in [6.07, 6.45) is 2.83. The molecule has 28 heavy (non-hydrogen) atoms. The number of para-hydroxylation sites is 2. The van der Waals surface area contributed by atoms with E-state index in [0.717, 1.165) is 5.56 Å². The number of hydrogen-bond donors (Lipinski definition) is 0. The first-order chi connectivity index (χ1) is 13.6. The molecule has 148 valence electrons. The number of carbonyl (C=O) groups is 1. The predicted molar refractivity (Wildman–Crippen MR) is 101 cm³/mol. The maximum Gasteiger partial charge on any atom is 0.387 e. The lowest BCUT2D eigenvalue weighted by atomic mass is 10.1. The van der Waals surface area contributed by atoms with Crippen molar-refractivity contribution in [2.24, 2.45) is 0 Å². The highest BCUT2D eigenvalue weighted by atomic mass is 19.3. The Morgan fingerprint density at radius 1 is 1.18 bits per heavy atom. The Morgan fingerprint density at radius 2 is 1.96 bits per heavy atom. The van der Waals surface area contributed by atoms with Gasteiger partial charge in [-0.25, -0.2) is 0 Å². The number of carbonyl (C=O) groups excluding carboxylic acids is 1. The zero-order valence-electron chi connectivity index (χ0n) is 15.4. The molecular weight excluding hydrogens is 368 g/mol. The number of rotatable bonds is 7. The maximum atomic E-state index is 12.6. The van der Waals surface area contributed by atoms with Crippen LogP contribution >= 0.6 is 0 Å². The number of likely N-dealkylation sites (N-methyl/N-ethyl adjacent to an activating group) is 1. The Labute approximate surface area is 162 Å². The van der Waals surface area contributed by atoms with Crippen LogP contribution in [0.25, 0.3) is 6.08 Å². The quantitative estimate of drug-likeness (QED) is 0.669. The third-order valence-electron chi connectivity index (χ3n) is 4.24. The van der Waals surface area contributed by atoms with E-state index in [0.29, 0.717) is 43.4 Å². The average Bonchev–Trinajstić information content (AvgIpc) is 2.70. The molecule has 0 radical (unpaired) electrons. The van der Waals surface area contributed by atoms with Gasteiger partial charge in [0, 0.05) is 30.3 Å². The summed E-state index contributed by atoms with van der Waals surface area (Å²) >= 11 is 0. The molecule has 0 aliphatic carbocycles. The highest BCUT2D eigenvalue weighted by molar-refractivity contribution is 5.92. The summed E-state index contributed by atoms with van der Waals surface area (Å²) in [5.41, 5.74) is 1.25. The van der Waals surface area contributed by atoms with E-state index in [9.17, 15) is 13.6 Å². The first-order valence-electron chi connectivity index (χ1n) is 8.96. The van der Waals surface area contributed by atoms with Crippen LogP contribution in [-0.2, 0) is 11.3 Å². The third-order valence-corrected chi connectivity index (χ3v) is 4.24. The molecule has 0 fully saturated rings. The van der Waals surface area contributed by atoms with Crippen LogP contribution in [0.4, 0.5) is 8.78 Å². The van der Waals surface area contributed by atoms with Crippen LogP contribution < -0.4 is 14.2 Å². The summed E-state index contributed by atoms with van der Waals surface area (Å²) in [5, 5.41) is 0. The highest BCUT2D eigenvalue weighted by Gasteiger charge is 2.18. The molecular formula is C21H21F2NO4. The van der Waals surface area contributed by atoms with Crippen LogP contribution in [0.15, 0.2) is 48.5 Å². The molecule has 2 aromatic rings. The summed E-state index contributed by atoms with van der Waals surface area (Å²) in [5.74, 6) is 1.09. The van der Waals surface area contributed by atoms with Gasteiger partial charge in [0.15, 0.2) is 11.5 Å². The van der Waals surface area contributed by atoms with Crippen molar-refractivity contribution in [2.75, 3.05) is 19.8 Å². The molecule has 1 amide bonds. The molecule has 1 heterocycles. The van der Waals surface area contributed by atoms with Crippen molar-refractivity contribution in [3.8, 4) is 17.2 Å². The number of alkyl halides is 2. The first kappa shape index (κ1) is 19.7. The smallest absolute Gasteiger partial charge is 0.387 e. The zero-order valence-corrected chi connectivity index (χ0v) is 15.4. The zero-order chi connectivity index (χ0) is 19.9. The largest absolute Gasteiger partial charge is 0.486 e. The number of hydrogen-bond acceptors (Lipinski definition) is 4. The number of amides is 1. The van der Waals surface area contributed by atoms with Gasteiger partial charge < -0.3 is 19.1 Å². The molecule has 0 aromatic heterocycles. The normalized spacial score (nSPS) is 13.0. The summed E-state index contributed by atoms with van der Waals surface area (Å²) in [7, 11) is 0. The topological polar surface area (TPSA) is 48.0 Å². The average molecular weight is 389 g/mol. The van der Waals surface area contributed by atoms with E-state index >= 15 is 0 Å². The van der Waals surface area contributed by atoms with Crippen LogP contribution in [0.3, 0.4) is 0 Å². The van der Waals surface area contributed by atoms with Crippen molar-refractivity contribution in [3.63, 3.8) is 0 Å². The van der Waals surface area contributed by atoms with Crippen molar-refractivity contribution in [1.29, 1.82) is 0 Å². The minimum absolute atomic E-state index is 0.0206. The molecule has 0 bridgehead atoms. The molecule has 3 rings (SSSR count). The fraction of sp³-hybridized carbons (Fsp3) is 0.286. The lowest BCUT2D eigenvalue weighted by Crippen LogP contribution is -2.29. The molecule has 5 nitrogen and oxygen atoms in total. The SMILES string of the molecule is CCN(Cc1cccc2c1OCCO2)C(=O)/C=C/c1ccccc1OC(F)F. The van der Waals surface area contributed by atoms with Gasteiger partial charge in [0.05, 0.1) is 0 Å². The second-order valence-electron chi connectivity index (χ2n) is 6.04. The molecule has 7 heteroatoms. The van der Waals surface area contributed by atoms with E-state index in [-0.39, 0.29) is 11.7 Å². The van der Waals surface area contributed by atoms with Crippen LogP contribution in [0, 0.1) is 0 Å². The van der Waals surface area contributed by atoms with E-state index in [1.807, 2.05) is 25.1 Å². The van der Waals surface area contributed by atoms with Gasteiger partial charge in [-0.15, -0.1) is 0 Å². The molecule has 0 saturated carbocycles. The molecule has 0 spiro atoms. The van der Waals surface area contributed by atoms with E-state index < -0.39 is 6.61 Å². The van der Waals surface area contributed by atoms with Crippen molar-refractivity contribution < 1.29 is 27.8 Å². The number of benzene rings is 2. The fourth-order valence-electron chi connectivity index (χ4n) is 2.90. The van der Waals surface area contributed by atoms with Crippen LogP contribution in [0.5, 0.6) is 17.2 Å².